The van der Waals surface area contributed by atoms with E-state index in [1.165, 1.54) is 11.1 Å². The number of hydrogen-bond donors (Lipinski definition) is 1. The molecule has 0 amide bonds. The fraction of sp³-hybridized carbons (Fsp3) is 0.684. The number of likely N-dealkylation sites (N-methyl/N-ethyl adjacent to an activating group) is 2. The van der Waals surface area contributed by atoms with Crippen LogP contribution in [0.15, 0.2) is 24.3 Å². The minimum absolute atomic E-state index is 0.0848. The summed E-state index contributed by atoms with van der Waals surface area (Å²) >= 11 is 0. The van der Waals surface area contributed by atoms with Crippen LogP contribution in [0.3, 0.4) is 0 Å². The van der Waals surface area contributed by atoms with Crippen molar-refractivity contribution in [1.82, 2.24) is 10.2 Å². The van der Waals surface area contributed by atoms with Gasteiger partial charge >= 0.3 is 0 Å². The second-order valence-electron chi connectivity index (χ2n) is 7.42. The first kappa shape index (κ1) is 18.2. The van der Waals surface area contributed by atoms with E-state index in [4.69, 9.17) is 0 Å². The Kier molecular flexibility index (Phi) is 6.01. The van der Waals surface area contributed by atoms with Gasteiger partial charge in [0.05, 0.1) is 0 Å². The van der Waals surface area contributed by atoms with E-state index >= 15 is 0 Å². The number of hydrogen-bond acceptors (Lipinski definition) is 2. The Balaban J connectivity index is 3.10. The molecule has 0 saturated carbocycles. The molecule has 120 valence electrons. The minimum Gasteiger partial charge on any atom is -0.311 e. The molecular weight excluding hydrogens is 256 g/mol. The minimum atomic E-state index is 0.0848. The van der Waals surface area contributed by atoms with Crippen LogP contribution in [-0.2, 0) is 5.41 Å². The molecule has 1 N–H and O–H groups in total. The zero-order valence-corrected chi connectivity index (χ0v) is 15.2. The second kappa shape index (κ2) is 6.93. The maximum Gasteiger partial charge on any atom is 0.0499 e. The van der Waals surface area contributed by atoms with Crippen molar-refractivity contribution in [3.63, 3.8) is 0 Å². The lowest BCUT2D eigenvalue weighted by molar-refractivity contribution is 0.0944. The fourth-order valence-corrected chi connectivity index (χ4v) is 3.32. The molecule has 2 nitrogen and oxygen atoms in total. The third-order valence-corrected chi connectivity index (χ3v) is 4.68. The summed E-state index contributed by atoms with van der Waals surface area (Å²) < 4.78 is 0. The number of benzene rings is 1. The van der Waals surface area contributed by atoms with Crippen LogP contribution in [0.25, 0.3) is 0 Å². The summed E-state index contributed by atoms with van der Waals surface area (Å²) in [5, 5.41) is 3.52. The molecule has 0 aliphatic rings. The van der Waals surface area contributed by atoms with Crippen LogP contribution in [0.1, 0.15) is 65.6 Å². The summed E-state index contributed by atoms with van der Waals surface area (Å²) in [6.45, 7) is 18.1. The second-order valence-corrected chi connectivity index (χ2v) is 7.42. The summed E-state index contributed by atoms with van der Waals surface area (Å²) in [7, 11) is 2.06. The average molecular weight is 290 g/mol. The highest BCUT2D eigenvalue weighted by Crippen LogP contribution is 2.32. The fourth-order valence-electron chi connectivity index (χ4n) is 3.32. The summed E-state index contributed by atoms with van der Waals surface area (Å²) in [6.07, 6.45) is 0. The van der Waals surface area contributed by atoms with E-state index in [1.807, 2.05) is 0 Å². The van der Waals surface area contributed by atoms with Crippen molar-refractivity contribution in [2.75, 3.05) is 20.1 Å². The van der Waals surface area contributed by atoms with Gasteiger partial charge in [0.2, 0.25) is 0 Å². The van der Waals surface area contributed by atoms with Crippen molar-refractivity contribution in [2.45, 2.75) is 65.5 Å². The lowest BCUT2D eigenvalue weighted by atomic mass is 9.83. The van der Waals surface area contributed by atoms with Crippen LogP contribution < -0.4 is 5.32 Å². The van der Waals surface area contributed by atoms with Gasteiger partial charge in [0.1, 0.15) is 0 Å². The van der Waals surface area contributed by atoms with Crippen molar-refractivity contribution in [2.24, 2.45) is 0 Å². The smallest absolute Gasteiger partial charge is 0.0499 e. The van der Waals surface area contributed by atoms with Crippen LogP contribution in [0.4, 0.5) is 0 Å². The normalized spacial score (nSPS) is 14.5. The maximum absolute atomic E-state index is 3.52. The van der Waals surface area contributed by atoms with Crippen LogP contribution in [-0.4, -0.2) is 30.6 Å². The van der Waals surface area contributed by atoms with E-state index < -0.39 is 0 Å². The SMILES string of the molecule is CCN(CC)C(C)(C)C(NC)c1ccc(C(C)(C)C)cc1. The van der Waals surface area contributed by atoms with Gasteiger partial charge in [-0.25, -0.2) is 0 Å². The molecule has 0 radical (unpaired) electrons. The summed E-state index contributed by atoms with van der Waals surface area (Å²) in [5.41, 5.74) is 3.05. The molecule has 0 spiro atoms. The van der Waals surface area contributed by atoms with Crippen molar-refractivity contribution < 1.29 is 0 Å². The molecule has 1 aromatic carbocycles. The Morgan fingerprint density at radius 3 is 1.76 bits per heavy atom. The lowest BCUT2D eigenvalue weighted by Crippen LogP contribution is -2.51. The van der Waals surface area contributed by atoms with Gasteiger partial charge in [-0.2, -0.15) is 0 Å². The van der Waals surface area contributed by atoms with Crippen molar-refractivity contribution in [3.8, 4) is 0 Å². The predicted octanol–water partition coefficient (Wildman–Crippen LogP) is 4.37. The first-order chi connectivity index (χ1) is 9.68. The van der Waals surface area contributed by atoms with Crippen LogP contribution in [0.2, 0.25) is 0 Å². The molecule has 0 bridgehead atoms. The van der Waals surface area contributed by atoms with Gasteiger partial charge in [-0.05, 0) is 50.5 Å². The molecule has 1 atom stereocenters. The third-order valence-electron chi connectivity index (χ3n) is 4.68. The highest BCUT2D eigenvalue weighted by molar-refractivity contribution is 5.30. The molecule has 2 heteroatoms. The topological polar surface area (TPSA) is 15.3 Å². The number of rotatable bonds is 6. The van der Waals surface area contributed by atoms with Gasteiger partial charge in [0, 0.05) is 11.6 Å². The van der Waals surface area contributed by atoms with E-state index in [9.17, 15) is 0 Å². The Morgan fingerprint density at radius 2 is 1.43 bits per heavy atom. The Hall–Kier alpha value is -0.860. The molecule has 1 aromatic rings. The van der Waals surface area contributed by atoms with Crippen LogP contribution in [0, 0.1) is 0 Å². The predicted molar refractivity (Wildman–Crippen MR) is 93.9 cm³/mol. The molecule has 0 heterocycles. The molecular formula is C19H34N2. The third kappa shape index (κ3) is 4.08. The van der Waals surface area contributed by atoms with Gasteiger partial charge < -0.3 is 5.32 Å². The first-order valence-electron chi connectivity index (χ1n) is 8.21. The van der Waals surface area contributed by atoms with E-state index in [0.29, 0.717) is 6.04 Å². The van der Waals surface area contributed by atoms with Gasteiger partial charge in [-0.15, -0.1) is 0 Å². The number of nitrogens with zero attached hydrogens (tertiary/aromatic N) is 1. The highest BCUT2D eigenvalue weighted by Gasteiger charge is 2.34. The Bertz CT molecular complexity index is 422. The molecule has 0 aliphatic carbocycles. The molecule has 0 aliphatic heterocycles. The molecule has 0 aromatic heterocycles. The molecule has 1 rings (SSSR count). The lowest BCUT2D eigenvalue weighted by Gasteiger charge is -2.43. The van der Waals surface area contributed by atoms with Crippen molar-refractivity contribution in [3.05, 3.63) is 35.4 Å². The molecule has 0 fully saturated rings. The summed E-state index contributed by atoms with van der Waals surface area (Å²) in [4.78, 5) is 2.52. The van der Waals surface area contributed by atoms with Crippen LogP contribution >= 0.6 is 0 Å². The monoisotopic (exact) mass is 290 g/mol. The Morgan fingerprint density at radius 1 is 0.952 bits per heavy atom. The standard InChI is InChI=1S/C19H34N2/c1-9-21(10-2)19(6,7)17(20-8)15-11-13-16(14-12-15)18(3,4)5/h11-14,17,20H,9-10H2,1-8H3. The molecule has 1 unspecified atom stereocenters. The van der Waals surface area contributed by atoms with Crippen LogP contribution in [0.5, 0.6) is 0 Å². The molecule has 21 heavy (non-hydrogen) atoms. The maximum atomic E-state index is 3.52. The van der Waals surface area contributed by atoms with E-state index in [0.717, 1.165) is 13.1 Å². The summed E-state index contributed by atoms with van der Waals surface area (Å²) in [5.74, 6) is 0. The Labute approximate surface area is 131 Å². The zero-order valence-electron chi connectivity index (χ0n) is 15.2. The zero-order chi connectivity index (χ0) is 16.3. The molecule has 0 saturated heterocycles. The van der Waals surface area contributed by atoms with Gasteiger partial charge in [0.25, 0.3) is 0 Å². The quantitative estimate of drug-likeness (QED) is 0.837. The van der Waals surface area contributed by atoms with E-state index in [-0.39, 0.29) is 11.0 Å². The van der Waals surface area contributed by atoms with Gasteiger partial charge in [0.15, 0.2) is 0 Å². The highest BCUT2D eigenvalue weighted by atomic mass is 15.2. The van der Waals surface area contributed by atoms with Crippen molar-refractivity contribution in [1.29, 1.82) is 0 Å². The van der Waals surface area contributed by atoms with Gasteiger partial charge in [-0.3, -0.25) is 4.90 Å². The average Bonchev–Trinajstić information content (AvgIpc) is 2.39. The first-order valence-corrected chi connectivity index (χ1v) is 8.21. The van der Waals surface area contributed by atoms with E-state index in [1.54, 1.807) is 0 Å². The van der Waals surface area contributed by atoms with E-state index in [2.05, 4.69) is 90.0 Å². The summed E-state index contributed by atoms with van der Waals surface area (Å²) in [6, 6.07) is 9.45. The largest absolute Gasteiger partial charge is 0.311 e. The van der Waals surface area contributed by atoms with Gasteiger partial charge in [-0.1, -0.05) is 58.9 Å². The number of nitrogens with one attached hydrogen (secondary N) is 1. The van der Waals surface area contributed by atoms with Crippen molar-refractivity contribution >= 4 is 0 Å².